The minimum atomic E-state index is -4.48. The van der Waals surface area contributed by atoms with Gasteiger partial charge in [-0.15, -0.1) is 0 Å². The van der Waals surface area contributed by atoms with Crippen LogP contribution >= 0.6 is 0 Å². The summed E-state index contributed by atoms with van der Waals surface area (Å²) in [5.74, 6) is 1.19. The summed E-state index contributed by atoms with van der Waals surface area (Å²) in [6.07, 6.45) is 1.62. The number of carbonyl (C=O) groups excluding carboxylic acids is 1. The van der Waals surface area contributed by atoms with Crippen LogP contribution < -0.4 is 5.73 Å². The van der Waals surface area contributed by atoms with Gasteiger partial charge in [0.15, 0.2) is 5.76 Å². The van der Waals surface area contributed by atoms with E-state index in [0.29, 0.717) is 41.9 Å². The number of alkyl halides is 3. The first-order valence-electron chi connectivity index (χ1n) is 9.99. The van der Waals surface area contributed by atoms with Gasteiger partial charge in [-0.25, -0.2) is 9.97 Å². The zero-order chi connectivity index (χ0) is 21.7. The van der Waals surface area contributed by atoms with Gasteiger partial charge in [0.25, 0.3) is 0 Å². The lowest BCUT2D eigenvalue weighted by molar-refractivity contribution is -0.141. The molecule has 0 fully saturated rings. The Morgan fingerprint density at radius 2 is 1.97 bits per heavy atom. The van der Waals surface area contributed by atoms with Gasteiger partial charge in [0, 0.05) is 23.8 Å². The van der Waals surface area contributed by atoms with Crippen molar-refractivity contribution in [3.63, 3.8) is 0 Å². The van der Waals surface area contributed by atoms with Crippen LogP contribution in [0.5, 0.6) is 0 Å². The van der Waals surface area contributed by atoms with Crippen molar-refractivity contribution in [2.75, 3.05) is 0 Å². The van der Waals surface area contributed by atoms with E-state index in [1.54, 1.807) is 18.3 Å². The van der Waals surface area contributed by atoms with E-state index in [0.717, 1.165) is 25.3 Å². The van der Waals surface area contributed by atoms with Crippen molar-refractivity contribution in [1.29, 1.82) is 0 Å². The molecule has 8 heteroatoms. The Hall–Kier alpha value is -2.74. The van der Waals surface area contributed by atoms with E-state index in [4.69, 9.17) is 10.2 Å². The summed E-state index contributed by atoms with van der Waals surface area (Å²) in [6.45, 7) is 1.87. The molecule has 0 aliphatic rings. The predicted octanol–water partition coefficient (Wildman–Crippen LogP) is 5.84. The molecule has 0 spiro atoms. The summed E-state index contributed by atoms with van der Waals surface area (Å²) in [5.41, 5.74) is 6.19. The number of Topliss-reactive ketones (excluding diaryl/α,β-unsaturated/α-hetero) is 1. The van der Waals surface area contributed by atoms with Gasteiger partial charge in [-0.05, 0) is 37.1 Å². The standard InChI is InChI=1S/C22H24F3N3O2/c1-2-16(29)6-4-3-5-7-17(26)21-27-13-19(30-21)15-8-10-18-14(12-15)9-11-20(28-18)22(23,24)25/h8-13,17H,2-7,26H2,1H3. The Morgan fingerprint density at radius 1 is 1.17 bits per heavy atom. The number of hydrogen-bond donors (Lipinski definition) is 1. The third kappa shape index (κ3) is 5.44. The summed E-state index contributed by atoms with van der Waals surface area (Å²) < 4.78 is 44.2. The molecule has 5 nitrogen and oxygen atoms in total. The molecule has 2 heterocycles. The number of halogens is 3. The van der Waals surface area contributed by atoms with Crippen LogP contribution in [0.25, 0.3) is 22.2 Å². The summed E-state index contributed by atoms with van der Waals surface area (Å²) in [6, 6.07) is 6.89. The summed E-state index contributed by atoms with van der Waals surface area (Å²) in [4.78, 5) is 19.2. The number of rotatable bonds is 9. The topological polar surface area (TPSA) is 82.0 Å². The first kappa shape index (κ1) is 22.0. The van der Waals surface area contributed by atoms with Crippen molar-refractivity contribution in [3.8, 4) is 11.3 Å². The number of carbonyl (C=O) groups is 1. The van der Waals surface area contributed by atoms with Gasteiger partial charge >= 0.3 is 6.18 Å². The van der Waals surface area contributed by atoms with Crippen LogP contribution in [0.3, 0.4) is 0 Å². The second-order valence-electron chi connectivity index (χ2n) is 7.26. The SMILES string of the molecule is CCC(=O)CCCCCC(N)c1ncc(-c2ccc3nc(C(F)(F)F)ccc3c2)o1. The van der Waals surface area contributed by atoms with Gasteiger partial charge < -0.3 is 10.2 Å². The predicted molar refractivity (Wildman–Crippen MR) is 108 cm³/mol. The lowest BCUT2D eigenvalue weighted by atomic mass is 10.1. The highest BCUT2D eigenvalue weighted by Gasteiger charge is 2.32. The van der Waals surface area contributed by atoms with E-state index < -0.39 is 11.9 Å². The molecule has 0 saturated carbocycles. The number of hydrogen-bond acceptors (Lipinski definition) is 5. The summed E-state index contributed by atoms with van der Waals surface area (Å²) in [7, 11) is 0. The molecular formula is C22H24F3N3O2. The zero-order valence-electron chi connectivity index (χ0n) is 16.7. The molecule has 0 aliphatic carbocycles. The summed E-state index contributed by atoms with van der Waals surface area (Å²) >= 11 is 0. The van der Waals surface area contributed by atoms with Crippen LogP contribution in [-0.4, -0.2) is 15.8 Å². The van der Waals surface area contributed by atoms with Gasteiger partial charge in [0.05, 0.1) is 17.8 Å². The molecule has 0 aliphatic heterocycles. The molecule has 2 N–H and O–H groups in total. The van der Waals surface area contributed by atoms with Gasteiger partial charge in [0.1, 0.15) is 11.5 Å². The van der Waals surface area contributed by atoms with Crippen molar-refractivity contribution < 1.29 is 22.4 Å². The van der Waals surface area contributed by atoms with E-state index in [1.165, 1.54) is 12.1 Å². The first-order valence-corrected chi connectivity index (χ1v) is 9.99. The maximum atomic E-state index is 12.8. The number of ketones is 1. The van der Waals surface area contributed by atoms with Crippen molar-refractivity contribution >= 4 is 16.7 Å². The minimum Gasteiger partial charge on any atom is -0.439 e. The Kier molecular flexibility index (Phi) is 6.87. The van der Waals surface area contributed by atoms with Crippen LogP contribution in [-0.2, 0) is 11.0 Å². The second kappa shape index (κ2) is 9.38. The number of pyridine rings is 1. The lowest BCUT2D eigenvalue weighted by Gasteiger charge is -2.08. The van der Waals surface area contributed by atoms with Gasteiger partial charge in [-0.2, -0.15) is 13.2 Å². The van der Waals surface area contributed by atoms with Crippen LogP contribution in [0.2, 0.25) is 0 Å². The monoisotopic (exact) mass is 419 g/mol. The molecular weight excluding hydrogens is 395 g/mol. The van der Waals surface area contributed by atoms with E-state index >= 15 is 0 Å². The summed E-state index contributed by atoms with van der Waals surface area (Å²) in [5, 5.41) is 0.573. The largest absolute Gasteiger partial charge is 0.439 e. The molecule has 1 aromatic carbocycles. The highest BCUT2D eigenvalue weighted by Crippen LogP contribution is 2.31. The third-order valence-corrected chi connectivity index (χ3v) is 4.97. The molecule has 3 aromatic rings. The number of aromatic nitrogens is 2. The van der Waals surface area contributed by atoms with Crippen molar-refractivity contribution in [3.05, 3.63) is 48.1 Å². The van der Waals surface area contributed by atoms with Crippen LogP contribution in [0, 0.1) is 0 Å². The fraction of sp³-hybridized carbons (Fsp3) is 0.409. The fourth-order valence-corrected chi connectivity index (χ4v) is 3.19. The Bertz CT molecular complexity index is 1010. The number of fused-ring (bicyclic) bond motifs is 1. The molecule has 30 heavy (non-hydrogen) atoms. The number of oxazole rings is 1. The number of nitrogens with two attached hydrogens (primary N) is 1. The molecule has 1 atom stereocenters. The van der Waals surface area contributed by atoms with Gasteiger partial charge in [-0.1, -0.05) is 25.8 Å². The maximum Gasteiger partial charge on any atom is 0.433 e. The van der Waals surface area contributed by atoms with E-state index in [1.807, 2.05) is 6.92 Å². The average Bonchev–Trinajstić information content (AvgIpc) is 3.22. The zero-order valence-corrected chi connectivity index (χ0v) is 16.7. The molecule has 0 bridgehead atoms. The number of benzene rings is 1. The first-order chi connectivity index (χ1) is 14.3. The van der Waals surface area contributed by atoms with Crippen molar-refractivity contribution in [2.24, 2.45) is 5.73 Å². The number of unbranched alkanes of at least 4 members (excludes halogenated alkanes) is 2. The van der Waals surface area contributed by atoms with Gasteiger partial charge in [0.2, 0.25) is 5.89 Å². The molecule has 0 saturated heterocycles. The Balaban J connectivity index is 1.63. The lowest BCUT2D eigenvalue weighted by Crippen LogP contribution is -2.10. The minimum absolute atomic E-state index is 0.256. The molecule has 1 unspecified atom stereocenters. The molecule has 160 valence electrons. The third-order valence-electron chi connectivity index (χ3n) is 4.97. The van der Waals surface area contributed by atoms with Gasteiger partial charge in [-0.3, -0.25) is 4.79 Å². The fourth-order valence-electron chi connectivity index (χ4n) is 3.19. The maximum absolute atomic E-state index is 12.8. The average molecular weight is 419 g/mol. The highest BCUT2D eigenvalue weighted by molar-refractivity contribution is 5.83. The van der Waals surface area contributed by atoms with E-state index in [-0.39, 0.29) is 17.3 Å². The Morgan fingerprint density at radius 3 is 2.70 bits per heavy atom. The second-order valence-corrected chi connectivity index (χ2v) is 7.26. The highest BCUT2D eigenvalue weighted by atomic mass is 19.4. The number of nitrogens with zero attached hydrogens (tertiary/aromatic N) is 2. The van der Waals surface area contributed by atoms with Crippen LogP contribution in [0.15, 0.2) is 40.9 Å². The normalized spacial score (nSPS) is 13.0. The van der Waals surface area contributed by atoms with Crippen LogP contribution in [0.1, 0.15) is 63.1 Å². The van der Waals surface area contributed by atoms with E-state index in [2.05, 4.69) is 9.97 Å². The molecule has 0 radical (unpaired) electrons. The smallest absolute Gasteiger partial charge is 0.433 e. The van der Waals surface area contributed by atoms with Crippen molar-refractivity contribution in [2.45, 2.75) is 57.7 Å². The van der Waals surface area contributed by atoms with Crippen molar-refractivity contribution in [1.82, 2.24) is 9.97 Å². The van der Waals surface area contributed by atoms with E-state index in [9.17, 15) is 18.0 Å². The van der Waals surface area contributed by atoms with Crippen LogP contribution in [0.4, 0.5) is 13.2 Å². The molecule has 0 amide bonds. The Labute approximate surface area is 172 Å². The quantitative estimate of drug-likeness (QED) is 0.441. The molecule has 3 rings (SSSR count). The molecule has 2 aromatic heterocycles.